The summed E-state index contributed by atoms with van der Waals surface area (Å²) in [5.74, 6) is 0.598. The van der Waals surface area contributed by atoms with Crippen molar-refractivity contribution < 1.29 is 14.2 Å². The molecule has 9 heteroatoms. The first-order valence-electron chi connectivity index (χ1n) is 17.6. The van der Waals surface area contributed by atoms with Crippen molar-refractivity contribution in [1.29, 1.82) is 0 Å². The van der Waals surface area contributed by atoms with E-state index in [1.807, 2.05) is 31.2 Å². The van der Waals surface area contributed by atoms with Crippen LogP contribution in [-0.2, 0) is 15.6 Å². The molecule has 0 radical (unpaired) electrons. The zero-order valence-corrected chi connectivity index (χ0v) is 28.6. The molecular weight excluding hydrogens is 588 g/mol. The number of allylic oxidation sites excluding steroid dienone is 9. The average Bonchev–Trinajstić information content (AvgIpc) is 3.26. The summed E-state index contributed by atoms with van der Waals surface area (Å²) in [6.45, 7) is 8.77. The molecule has 1 aliphatic carbocycles. The van der Waals surface area contributed by atoms with Gasteiger partial charge in [-0.05, 0) is 100 Å². The fourth-order valence-corrected chi connectivity index (χ4v) is 8.48. The average molecular weight is 632 g/mol. The highest BCUT2D eigenvalue weighted by Gasteiger charge is 2.57. The van der Waals surface area contributed by atoms with E-state index in [2.05, 4.69) is 104 Å². The van der Waals surface area contributed by atoms with Crippen LogP contribution in [0.5, 0.6) is 0 Å². The number of nitrogens with zero attached hydrogens (tertiary/aromatic N) is 1. The standard InChI is InChI=1S/C39H44B4N2O3/c1-5-15-32(37(44)24-28-17-8-11-21-34(28)40-46)33-20-14-16-26(4)39(33)43-47-41-35-22-12-9-18-30(35)27(6-2)25-38-29(7-3)31-19-10-13-23-36(31)42(48-43)45(38)41/h5,7-15,17-23,26-27,38,40,46H,6,16,24-25,44H2,1-4H3/b15-5-,29-7-,37-32-. The number of fused-ring (bicyclic) bond motifs is 4. The van der Waals surface area contributed by atoms with Crippen LogP contribution in [0.1, 0.15) is 69.6 Å². The molecule has 4 aliphatic rings. The third-order valence-corrected chi connectivity index (χ3v) is 10.8. The molecule has 1 fully saturated rings. The van der Waals surface area contributed by atoms with E-state index in [1.54, 1.807) is 0 Å². The summed E-state index contributed by atoms with van der Waals surface area (Å²) in [5.41, 5.74) is 19.3. The molecule has 3 aromatic carbocycles. The molecule has 5 nitrogen and oxygen atoms in total. The van der Waals surface area contributed by atoms with E-state index in [9.17, 15) is 5.02 Å². The van der Waals surface area contributed by atoms with Crippen molar-refractivity contribution in [1.82, 2.24) is 4.72 Å². The molecule has 48 heavy (non-hydrogen) atoms. The van der Waals surface area contributed by atoms with Crippen LogP contribution in [0.25, 0.3) is 5.57 Å². The zero-order valence-electron chi connectivity index (χ0n) is 28.6. The minimum absolute atomic E-state index is 0.0198. The number of benzene rings is 3. The van der Waals surface area contributed by atoms with Crippen LogP contribution in [0.2, 0.25) is 0 Å². The second-order valence-electron chi connectivity index (χ2n) is 13.5. The van der Waals surface area contributed by atoms with E-state index in [4.69, 9.17) is 14.9 Å². The normalized spacial score (nSPS) is 23.6. The third kappa shape index (κ3) is 5.71. The van der Waals surface area contributed by atoms with E-state index in [0.717, 1.165) is 52.6 Å². The van der Waals surface area contributed by atoms with E-state index >= 15 is 0 Å². The van der Waals surface area contributed by atoms with Gasteiger partial charge in [0.1, 0.15) is 0 Å². The van der Waals surface area contributed by atoms with Crippen LogP contribution < -0.4 is 22.1 Å². The number of rotatable bonds is 7. The van der Waals surface area contributed by atoms with E-state index in [0.29, 0.717) is 12.3 Å². The Morgan fingerprint density at radius 1 is 1.00 bits per heavy atom. The molecule has 7 rings (SSSR count). The van der Waals surface area contributed by atoms with Crippen LogP contribution in [0, 0.1) is 5.92 Å². The molecule has 240 valence electrons. The lowest BCUT2D eigenvalue weighted by Gasteiger charge is -2.49. The van der Waals surface area contributed by atoms with Gasteiger partial charge in [0.15, 0.2) is 0 Å². The first kappa shape index (κ1) is 32.8. The minimum Gasteiger partial charge on any atom is -0.455 e. The predicted octanol–water partition coefficient (Wildman–Crippen LogP) is 4.73. The SMILES string of the molecule is C/C=C\C(C1=C(B2OB3c4ccccc4/C(=C/C)C4CC(CC)c5ccccc5B(O2)N34)C(C)CC=C1)=C(\N)Cc1ccccc1BO. The van der Waals surface area contributed by atoms with Gasteiger partial charge in [0, 0.05) is 18.2 Å². The van der Waals surface area contributed by atoms with E-state index in [-0.39, 0.29) is 33.5 Å². The van der Waals surface area contributed by atoms with E-state index < -0.39 is 7.12 Å². The monoisotopic (exact) mass is 632 g/mol. The summed E-state index contributed by atoms with van der Waals surface area (Å²) < 4.78 is 17.1. The fraction of sp³-hybridized carbons (Fsp3) is 0.282. The lowest BCUT2D eigenvalue weighted by Crippen LogP contribution is -2.74. The number of hydrogen-bond donors (Lipinski definition) is 2. The Morgan fingerprint density at radius 3 is 2.46 bits per heavy atom. The van der Waals surface area contributed by atoms with Crippen LogP contribution in [-0.4, -0.2) is 44.5 Å². The summed E-state index contributed by atoms with van der Waals surface area (Å²) in [4.78, 5) is 0. The highest BCUT2D eigenvalue weighted by atomic mass is 16.6. The molecule has 3 unspecified atom stereocenters. The molecule has 3 atom stereocenters. The summed E-state index contributed by atoms with van der Waals surface area (Å²) >= 11 is 0. The van der Waals surface area contributed by atoms with Gasteiger partial charge in [-0.2, -0.15) is 0 Å². The van der Waals surface area contributed by atoms with Crippen molar-refractivity contribution in [3.05, 3.63) is 142 Å². The fourth-order valence-electron chi connectivity index (χ4n) is 8.48. The summed E-state index contributed by atoms with van der Waals surface area (Å²) in [6, 6.07) is 25.8. The molecule has 3 heterocycles. The highest BCUT2D eigenvalue weighted by Crippen LogP contribution is 2.42. The van der Waals surface area contributed by atoms with Gasteiger partial charge in [-0.25, -0.2) is 0 Å². The van der Waals surface area contributed by atoms with Crippen LogP contribution in [0.3, 0.4) is 0 Å². The maximum absolute atomic E-state index is 10.0. The summed E-state index contributed by atoms with van der Waals surface area (Å²) in [6.07, 6.45) is 14.4. The Morgan fingerprint density at radius 2 is 1.71 bits per heavy atom. The molecule has 3 aliphatic heterocycles. The maximum Gasteiger partial charge on any atom is 0.462 e. The second-order valence-corrected chi connectivity index (χ2v) is 13.5. The van der Waals surface area contributed by atoms with Gasteiger partial charge in [0.2, 0.25) is 0 Å². The Kier molecular flexibility index (Phi) is 9.57. The van der Waals surface area contributed by atoms with Crippen molar-refractivity contribution in [2.45, 2.75) is 65.3 Å². The molecule has 0 saturated carbocycles. The van der Waals surface area contributed by atoms with Gasteiger partial charge in [0.25, 0.3) is 0 Å². The largest absolute Gasteiger partial charge is 0.462 e. The predicted molar refractivity (Wildman–Crippen MR) is 204 cm³/mol. The Bertz CT molecular complexity index is 1850. The van der Waals surface area contributed by atoms with Gasteiger partial charge < -0.3 is 24.6 Å². The Labute approximate surface area is 288 Å². The van der Waals surface area contributed by atoms with Crippen LogP contribution in [0.15, 0.2) is 125 Å². The summed E-state index contributed by atoms with van der Waals surface area (Å²) in [7, 11) is -1.13. The molecule has 0 bridgehead atoms. The Hall–Kier alpha value is -3.74. The van der Waals surface area contributed by atoms with Crippen molar-refractivity contribution in [2.24, 2.45) is 11.7 Å². The molecular formula is C39H44B4N2O3. The number of nitrogens with two attached hydrogens (primary N) is 1. The first-order chi connectivity index (χ1) is 23.5. The topological polar surface area (TPSA) is 68.0 Å². The van der Waals surface area contributed by atoms with Crippen molar-refractivity contribution in [2.75, 3.05) is 0 Å². The van der Waals surface area contributed by atoms with Crippen LogP contribution >= 0.6 is 0 Å². The lowest BCUT2D eigenvalue weighted by molar-refractivity contribution is 0.317. The lowest BCUT2D eigenvalue weighted by atomic mass is 9.47. The molecule has 0 amide bonds. The van der Waals surface area contributed by atoms with Crippen LogP contribution in [0.4, 0.5) is 0 Å². The zero-order chi connectivity index (χ0) is 33.4. The third-order valence-electron chi connectivity index (χ3n) is 10.8. The van der Waals surface area contributed by atoms with Crippen molar-refractivity contribution in [3.8, 4) is 0 Å². The van der Waals surface area contributed by atoms with Gasteiger partial charge in [0.05, 0.1) is 0 Å². The molecule has 0 aromatic heterocycles. The Balaban J connectivity index is 1.40. The molecule has 1 saturated heterocycles. The smallest absolute Gasteiger partial charge is 0.455 e. The number of hydrogen-bond acceptors (Lipinski definition) is 5. The van der Waals surface area contributed by atoms with Crippen molar-refractivity contribution >= 4 is 50.7 Å². The second kappa shape index (κ2) is 14.0. The van der Waals surface area contributed by atoms with E-state index in [1.165, 1.54) is 27.6 Å². The molecule has 3 N–H and O–H groups in total. The first-order valence-corrected chi connectivity index (χ1v) is 17.6. The maximum atomic E-state index is 10.0. The summed E-state index contributed by atoms with van der Waals surface area (Å²) in [5, 5.41) is 10.0. The van der Waals surface area contributed by atoms with Gasteiger partial charge in [-0.1, -0.05) is 117 Å². The minimum atomic E-state index is -0.573. The van der Waals surface area contributed by atoms with Gasteiger partial charge in [-0.15, -0.1) is 0 Å². The highest BCUT2D eigenvalue weighted by molar-refractivity contribution is 6.90. The van der Waals surface area contributed by atoms with Gasteiger partial charge >= 0.3 is 28.7 Å². The van der Waals surface area contributed by atoms with Gasteiger partial charge in [-0.3, -0.25) is 0 Å². The van der Waals surface area contributed by atoms with Crippen molar-refractivity contribution in [3.63, 3.8) is 0 Å². The molecule has 0 spiro atoms. The molecule has 3 aromatic rings. The quantitative estimate of drug-likeness (QED) is 0.292.